The molecule has 1 atom stereocenters. The van der Waals surface area contributed by atoms with E-state index in [1.54, 1.807) is 29.4 Å². The van der Waals surface area contributed by atoms with Crippen molar-refractivity contribution in [3.8, 4) is 22.9 Å². The predicted molar refractivity (Wildman–Crippen MR) is 123 cm³/mol. The van der Waals surface area contributed by atoms with E-state index in [0.29, 0.717) is 35.3 Å². The number of aromatic amines is 1. The summed E-state index contributed by atoms with van der Waals surface area (Å²) in [6.45, 7) is 6.19. The first-order chi connectivity index (χ1) is 15.2. The fourth-order valence-electron chi connectivity index (χ4n) is 3.66. The number of aromatic nitrogens is 3. The molecule has 3 heterocycles. The van der Waals surface area contributed by atoms with Crippen LogP contribution in [0.1, 0.15) is 55.8 Å². The van der Waals surface area contributed by atoms with Crippen molar-refractivity contribution in [2.75, 3.05) is 11.9 Å². The Labute approximate surface area is 194 Å². The summed E-state index contributed by atoms with van der Waals surface area (Å²) in [5, 5.41) is 0.260. The summed E-state index contributed by atoms with van der Waals surface area (Å²) in [5.74, 6) is 1.61. The zero-order valence-electron chi connectivity index (χ0n) is 18.2. The number of nitrogens with one attached hydrogen (secondary N) is 1. The van der Waals surface area contributed by atoms with Crippen LogP contribution >= 0.6 is 15.9 Å². The highest BCUT2D eigenvalue weighted by atomic mass is 79.9. The van der Waals surface area contributed by atoms with Crippen molar-refractivity contribution in [1.82, 2.24) is 19.9 Å². The normalized spacial score (nSPS) is 16.4. The van der Waals surface area contributed by atoms with Gasteiger partial charge in [0.25, 0.3) is 0 Å². The third kappa shape index (κ3) is 4.77. The van der Waals surface area contributed by atoms with Crippen LogP contribution in [-0.2, 0) is 4.74 Å². The van der Waals surface area contributed by atoms with Crippen LogP contribution in [0.15, 0.2) is 41.1 Å². The van der Waals surface area contributed by atoms with Crippen LogP contribution in [0.5, 0.6) is 0 Å². The molecule has 4 rings (SSSR count). The zero-order valence-corrected chi connectivity index (χ0v) is 19.8. The molecule has 0 radical (unpaired) electrons. The molecule has 1 aromatic carbocycles. The zero-order chi connectivity index (χ0) is 22.9. The Bertz CT molecular complexity index is 1130. The molecular formula is C23H25BrN4O4. The van der Waals surface area contributed by atoms with Crippen molar-refractivity contribution in [2.24, 2.45) is 0 Å². The summed E-state index contributed by atoms with van der Waals surface area (Å²) < 4.78 is 11.5. The van der Waals surface area contributed by atoms with Crippen molar-refractivity contribution in [3.05, 3.63) is 48.0 Å². The van der Waals surface area contributed by atoms with E-state index < -0.39 is 5.60 Å². The molecule has 1 N–H and O–H groups in total. The number of likely N-dealkylation sites (tertiary alicyclic amines) is 1. The highest BCUT2D eigenvalue weighted by Crippen LogP contribution is 2.33. The number of imidazole rings is 1. The van der Waals surface area contributed by atoms with Crippen molar-refractivity contribution in [2.45, 2.75) is 45.3 Å². The Balaban J connectivity index is 1.53. The van der Waals surface area contributed by atoms with E-state index in [9.17, 15) is 9.59 Å². The smallest absolute Gasteiger partial charge is 0.410 e. The molecule has 2 aromatic heterocycles. The largest absolute Gasteiger partial charge is 0.444 e. The number of amides is 1. The number of hydrogen-bond acceptors (Lipinski definition) is 6. The maximum atomic E-state index is 12.6. The average molecular weight is 501 g/mol. The first-order valence-corrected chi connectivity index (χ1v) is 11.6. The summed E-state index contributed by atoms with van der Waals surface area (Å²) in [6, 6.07) is 7.05. The number of H-pyrrole nitrogens is 1. The molecular weight excluding hydrogens is 476 g/mol. The maximum absolute atomic E-state index is 12.6. The van der Waals surface area contributed by atoms with Crippen LogP contribution in [0, 0.1) is 0 Å². The lowest BCUT2D eigenvalue weighted by molar-refractivity contribution is 0.0218. The van der Waals surface area contributed by atoms with Crippen LogP contribution < -0.4 is 0 Å². The Kier molecular flexibility index (Phi) is 6.19. The van der Waals surface area contributed by atoms with Crippen molar-refractivity contribution in [1.29, 1.82) is 0 Å². The minimum Gasteiger partial charge on any atom is -0.444 e. The maximum Gasteiger partial charge on any atom is 0.410 e. The Hall–Kier alpha value is -2.94. The van der Waals surface area contributed by atoms with Crippen molar-refractivity contribution in [3.63, 3.8) is 0 Å². The van der Waals surface area contributed by atoms with Crippen molar-refractivity contribution >= 4 is 27.8 Å². The van der Waals surface area contributed by atoms with Gasteiger partial charge in [-0.15, -0.1) is 0 Å². The van der Waals surface area contributed by atoms with E-state index in [4.69, 9.17) is 9.15 Å². The van der Waals surface area contributed by atoms with E-state index in [1.807, 2.05) is 32.9 Å². The third-order valence-corrected chi connectivity index (χ3v) is 5.63. The second-order valence-electron chi connectivity index (χ2n) is 8.68. The molecule has 3 aromatic rings. The number of ketones is 1. The number of carbonyl (C=O) groups excluding carboxylic acids is 2. The molecule has 0 spiro atoms. The second kappa shape index (κ2) is 8.90. The topological polar surface area (TPSA) is 101 Å². The number of ether oxygens (including phenoxy) is 1. The molecule has 1 amide bonds. The number of rotatable bonds is 5. The molecule has 0 aliphatic carbocycles. The van der Waals surface area contributed by atoms with Gasteiger partial charge in [0.15, 0.2) is 11.5 Å². The van der Waals surface area contributed by atoms with Crippen LogP contribution in [-0.4, -0.2) is 49.2 Å². The predicted octanol–water partition coefficient (Wildman–Crippen LogP) is 5.38. The lowest BCUT2D eigenvalue weighted by atomic mass is 10.1. The lowest BCUT2D eigenvalue weighted by Crippen LogP contribution is -2.36. The second-order valence-corrected chi connectivity index (χ2v) is 9.24. The molecule has 1 saturated heterocycles. The summed E-state index contributed by atoms with van der Waals surface area (Å²) >= 11 is 3.20. The van der Waals surface area contributed by atoms with Crippen LogP contribution in [0.2, 0.25) is 0 Å². The van der Waals surface area contributed by atoms with Gasteiger partial charge in [-0.25, -0.2) is 14.8 Å². The number of oxazole rings is 1. The molecule has 1 aliphatic rings. The minimum atomic E-state index is -0.552. The number of alkyl halides is 1. The number of Topliss-reactive ketones (excluding diaryl/α,β-unsaturated/α-hetero) is 1. The van der Waals surface area contributed by atoms with E-state index >= 15 is 0 Å². The van der Waals surface area contributed by atoms with Gasteiger partial charge in [0, 0.05) is 17.7 Å². The van der Waals surface area contributed by atoms with E-state index in [2.05, 4.69) is 30.9 Å². The standard InChI is InChI=1S/C23H25BrN4O4/c1-23(2,3)32-22(30)28-9-5-8-17(28)20-25-12-16(27-20)21-26-13-19(31-21)15-7-4-6-14(10-15)18(29)11-24/h4,6-7,10,12-13,17H,5,8-9,11H2,1-3H3,(H,25,27). The van der Waals surface area contributed by atoms with Gasteiger partial charge in [-0.1, -0.05) is 34.1 Å². The summed E-state index contributed by atoms with van der Waals surface area (Å²) in [4.78, 5) is 38.3. The van der Waals surface area contributed by atoms with Gasteiger partial charge in [0.05, 0.1) is 23.8 Å². The molecule has 1 fully saturated rings. The fourth-order valence-corrected chi connectivity index (χ4v) is 3.98. The number of hydrogen-bond donors (Lipinski definition) is 1. The minimum absolute atomic E-state index is 0.00379. The fraction of sp³-hybridized carbons (Fsp3) is 0.391. The molecule has 1 unspecified atom stereocenters. The van der Waals surface area contributed by atoms with Gasteiger partial charge in [0.2, 0.25) is 5.89 Å². The van der Waals surface area contributed by atoms with Gasteiger partial charge < -0.3 is 14.1 Å². The average Bonchev–Trinajstić information content (AvgIpc) is 3.51. The Morgan fingerprint density at radius 1 is 1.28 bits per heavy atom. The highest BCUT2D eigenvalue weighted by Gasteiger charge is 2.35. The molecule has 0 saturated carbocycles. The number of benzene rings is 1. The summed E-state index contributed by atoms with van der Waals surface area (Å²) in [6.07, 6.45) is 4.62. The Morgan fingerprint density at radius 2 is 2.09 bits per heavy atom. The van der Waals surface area contributed by atoms with Crippen LogP contribution in [0.3, 0.4) is 0 Å². The van der Waals surface area contributed by atoms with E-state index in [1.165, 1.54) is 0 Å². The van der Waals surface area contributed by atoms with Gasteiger partial charge in [-0.3, -0.25) is 9.69 Å². The number of carbonyl (C=O) groups is 2. The molecule has 168 valence electrons. The van der Waals surface area contributed by atoms with Gasteiger partial charge in [0.1, 0.15) is 17.1 Å². The summed E-state index contributed by atoms with van der Waals surface area (Å²) in [5.41, 5.74) is 1.44. The van der Waals surface area contributed by atoms with Gasteiger partial charge in [-0.05, 0) is 39.7 Å². The monoisotopic (exact) mass is 500 g/mol. The van der Waals surface area contributed by atoms with E-state index in [0.717, 1.165) is 18.4 Å². The number of nitrogens with zero attached hydrogens (tertiary/aromatic N) is 3. The lowest BCUT2D eigenvalue weighted by Gasteiger charge is -2.27. The van der Waals surface area contributed by atoms with Crippen LogP contribution in [0.4, 0.5) is 4.79 Å². The Morgan fingerprint density at radius 3 is 2.84 bits per heavy atom. The first kappa shape index (κ1) is 22.3. The van der Waals surface area contributed by atoms with Crippen molar-refractivity contribution < 1.29 is 18.7 Å². The third-order valence-electron chi connectivity index (χ3n) is 5.12. The highest BCUT2D eigenvalue weighted by molar-refractivity contribution is 9.09. The van der Waals surface area contributed by atoms with Crippen LogP contribution in [0.25, 0.3) is 22.9 Å². The molecule has 32 heavy (non-hydrogen) atoms. The SMILES string of the molecule is CC(C)(C)OC(=O)N1CCCC1c1ncc(-c2ncc(-c3cccc(C(=O)CBr)c3)o2)[nH]1. The van der Waals surface area contributed by atoms with Gasteiger partial charge >= 0.3 is 6.09 Å². The summed E-state index contributed by atoms with van der Waals surface area (Å²) in [7, 11) is 0. The number of halogens is 1. The molecule has 8 nitrogen and oxygen atoms in total. The molecule has 9 heteroatoms. The van der Waals surface area contributed by atoms with Gasteiger partial charge in [-0.2, -0.15) is 0 Å². The molecule has 1 aliphatic heterocycles. The quantitative estimate of drug-likeness (QED) is 0.372. The molecule has 0 bridgehead atoms. The van der Waals surface area contributed by atoms with E-state index in [-0.39, 0.29) is 23.2 Å². The first-order valence-electron chi connectivity index (χ1n) is 10.5.